The van der Waals surface area contributed by atoms with Crippen molar-refractivity contribution in [2.75, 3.05) is 11.6 Å². The number of halogens is 1. The molecule has 27 heavy (non-hydrogen) atoms. The fraction of sp³-hybridized carbons (Fsp3) is 0.412. The molecular formula is C17H21FN6O2S. The molecule has 1 aliphatic carbocycles. The molecule has 0 bridgehead atoms. The molecule has 1 heterocycles. The van der Waals surface area contributed by atoms with Crippen molar-refractivity contribution in [2.24, 2.45) is 0 Å². The molecule has 1 aliphatic rings. The number of imide groups is 1. The Bertz CT molecular complexity index is 822. The summed E-state index contributed by atoms with van der Waals surface area (Å²) in [5.74, 6) is 5.31. The van der Waals surface area contributed by atoms with E-state index >= 15 is 0 Å². The maximum absolute atomic E-state index is 13.3. The molecule has 1 aromatic heterocycles. The highest BCUT2D eigenvalue weighted by Crippen LogP contribution is 2.22. The van der Waals surface area contributed by atoms with Gasteiger partial charge in [-0.3, -0.25) is 10.1 Å². The first-order valence-corrected chi connectivity index (χ1v) is 9.71. The molecule has 2 aromatic rings. The average molecular weight is 392 g/mol. The normalized spacial score (nSPS) is 14.7. The maximum Gasteiger partial charge on any atom is 0.321 e. The van der Waals surface area contributed by atoms with Crippen molar-refractivity contribution in [2.45, 2.75) is 43.3 Å². The van der Waals surface area contributed by atoms with Crippen LogP contribution in [0.15, 0.2) is 29.4 Å². The Morgan fingerprint density at radius 1 is 1.26 bits per heavy atom. The van der Waals surface area contributed by atoms with Gasteiger partial charge in [0.25, 0.3) is 0 Å². The monoisotopic (exact) mass is 392 g/mol. The van der Waals surface area contributed by atoms with Gasteiger partial charge in [-0.2, -0.15) is 0 Å². The molecule has 10 heteroatoms. The predicted octanol–water partition coefficient (Wildman–Crippen LogP) is 2.05. The highest BCUT2D eigenvalue weighted by Gasteiger charge is 2.18. The lowest BCUT2D eigenvalue weighted by atomic mass is 9.96. The zero-order valence-electron chi connectivity index (χ0n) is 14.7. The van der Waals surface area contributed by atoms with Crippen molar-refractivity contribution in [3.8, 4) is 11.4 Å². The SMILES string of the molecule is Nn1c(SCC(=O)NC(=O)NC2CCCCC2)nnc1-c1cccc(F)c1. The maximum atomic E-state index is 13.3. The van der Waals surface area contributed by atoms with E-state index in [-0.39, 0.29) is 22.8 Å². The third kappa shape index (κ3) is 5.19. The smallest absolute Gasteiger partial charge is 0.321 e. The molecule has 0 radical (unpaired) electrons. The second-order valence-electron chi connectivity index (χ2n) is 6.33. The van der Waals surface area contributed by atoms with Crippen molar-refractivity contribution < 1.29 is 14.0 Å². The quantitative estimate of drug-likeness (QED) is 0.530. The van der Waals surface area contributed by atoms with Crippen LogP contribution in [0, 0.1) is 5.82 Å². The summed E-state index contributed by atoms with van der Waals surface area (Å²) >= 11 is 1.04. The van der Waals surface area contributed by atoms with Crippen LogP contribution in [0.4, 0.5) is 9.18 Å². The van der Waals surface area contributed by atoms with Gasteiger partial charge in [0.15, 0.2) is 5.82 Å². The van der Waals surface area contributed by atoms with Crippen molar-refractivity contribution in [1.29, 1.82) is 0 Å². The zero-order valence-corrected chi connectivity index (χ0v) is 15.5. The third-order valence-corrected chi connectivity index (χ3v) is 5.22. The molecule has 0 unspecified atom stereocenters. The molecule has 0 saturated heterocycles. The van der Waals surface area contributed by atoms with Crippen molar-refractivity contribution in [3.63, 3.8) is 0 Å². The van der Waals surface area contributed by atoms with Crippen LogP contribution in [0.2, 0.25) is 0 Å². The van der Waals surface area contributed by atoms with E-state index in [1.807, 2.05) is 0 Å². The number of urea groups is 1. The van der Waals surface area contributed by atoms with Gasteiger partial charge >= 0.3 is 6.03 Å². The van der Waals surface area contributed by atoms with Gasteiger partial charge in [0.2, 0.25) is 11.1 Å². The Morgan fingerprint density at radius 2 is 2.04 bits per heavy atom. The van der Waals surface area contributed by atoms with Crippen LogP contribution in [0.1, 0.15) is 32.1 Å². The molecule has 4 N–H and O–H groups in total. The number of nitrogen functional groups attached to an aromatic ring is 1. The van der Waals surface area contributed by atoms with E-state index in [9.17, 15) is 14.0 Å². The van der Waals surface area contributed by atoms with E-state index in [2.05, 4.69) is 20.8 Å². The first-order chi connectivity index (χ1) is 13.0. The Morgan fingerprint density at radius 3 is 2.78 bits per heavy atom. The molecule has 8 nitrogen and oxygen atoms in total. The lowest BCUT2D eigenvalue weighted by Crippen LogP contribution is -2.45. The fourth-order valence-corrected chi connectivity index (χ4v) is 3.62. The van der Waals surface area contributed by atoms with Crippen LogP contribution < -0.4 is 16.5 Å². The summed E-state index contributed by atoms with van der Waals surface area (Å²) in [4.78, 5) is 23.8. The number of carbonyl (C=O) groups excluding carboxylic acids is 2. The number of rotatable bonds is 5. The number of thioether (sulfide) groups is 1. The highest BCUT2D eigenvalue weighted by molar-refractivity contribution is 7.99. The van der Waals surface area contributed by atoms with E-state index < -0.39 is 17.8 Å². The summed E-state index contributed by atoms with van der Waals surface area (Å²) in [7, 11) is 0. The van der Waals surface area contributed by atoms with Crippen LogP contribution in [0.25, 0.3) is 11.4 Å². The predicted molar refractivity (Wildman–Crippen MR) is 99.8 cm³/mol. The van der Waals surface area contributed by atoms with Crippen LogP contribution in [0.3, 0.4) is 0 Å². The number of nitrogens with one attached hydrogen (secondary N) is 2. The number of hydrogen-bond acceptors (Lipinski definition) is 6. The summed E-state index contributed by atoms with van der Waals surface area (Å²) < 4.78 is 14.5. The molecule has 3 rings (SSSR count). The van der Waals surface area contributed by atoms with Crippen molar-refractivity contribution in [3.05, 3.63) is 30.1 Å². The highest BCUT2D eigenvalue weighted by atomic mass is 32.2. The van der Waals surface area contributed by atoms with Gasteiger partial charge < -0.3 is 11.2 Å². The second-order valence-corrected chi connectivity index (χ2v) is 7.27. The molecule has 0 aliphatic heterocycles. The Hall–Kier alpha value is -2.62. The molecule has 1 aromatic carbocycles. The summed E-state index contributed by atoms with van der Waals surface area (Å²) in [6.07, 6.45) is 5.25. The minimum atomic E-state index is -0.484. The minimum absolute atomic E-state index is 0.0451. The summed E-state index contributed by atoms with van der Waals surface area (Å²) in [5, 5.41) is 13.3. The first kappa shape index (κ1) is 19.2. The largest absolute Gasteiger partial charge is 0.335 e. The Balaban J connectivity index is 1.51. The van der Waals surface area contributed by atoms with E-state index in [0.717, 1.165) is 37.4 Å². The van der Waals surface area contributed by atoms with Gasteiger partial charge in [-0.25, -0.2) is 13.9 Å². The Labute approximate surface area is 160 Å². The molecule has 1 fully saturated rings. The van der Waals surface area contributed by atoms with Gasteiger partial charge in [-0.1, -0.05) is 43.2 Å². The van der Waals surface area contributed by atoms with Crippen molar-refractivity contribution in [1.82, 2.24) is 25.5 Å². The molecular weight excluding hydrogens is 371 g/mol. The third-order valence-electron chi connectivity index (χ3n) is 4.27. The summed E-state index contributed by atoms with van der Waals surface area (Å²) in [5.41, 5.74) is 0.480. The topological polar surface area (TPSA) is 115 Å². The molecule has 1 saturated carbocycles. The van der Waals surface area contributed by atoms with E-state index in [0.29, 0.717) is 5.56 Å². The zero-order chi connectivity index (χ0) is 19.2. The minimum Gasteiger partial charge on any atom is -0.335 e. The number of amides is 3. The Kier molecular flexibility index (Phi) is 6.28. The standard InChI is InChI=1S/C17H21FN6O2S/c18-12-6-4-5-11(9-12)15-22-23-17(24(15)19)27-10-14(25)21-16(26)20-13-7-2-1-3-8-13/h4-6,9,13H,1-3,7-8,10,19H2,(H2,20,21,25,26). The second kappa shape index (κ2) is 8.85. The lowest BCUT2D eigenvalue weighted by Gasteiger charge is -2.22. The number of nitrogens with two attached hydrogens (primary N) is 1. The van der Waals surface area contributed by atoms with Gasteiger partial charge in [0, 0.05) is 11.6 Å². The summed E-state index contributed by atoms with van der Waals surface area (Å²) in [6.45, 7) is 0. The fourth-order valence-electron chi connectivity index (χ4n) is 2.96. The van der Waals surface area contributed by atoms with Crippen molar-refractivity contribution >= 4 is 23.7 Å². The molecule has 0 spiro atoms. The number of nitrogens with zero attached hydrogens (tertiary/aromatic N) is 3. The van der Waals surface area contributed by atoms with Gasteiger partial charge in [-0.05, 0) is 25.0 Å². The van der Waals surface area contributed by atoms with Gasteiger partial charge in [0.1, 0.15) is 5.82 Å². The lowest BCUT2D eigenvalue weighted by molar-refractivity contribution is -0.117. The molecule has 0 atom stereocenters. The molecule has 3 amide bonds. The van der Waals surface area contributed by atoms with Gasteiger partial charge in [-0.15, -0.1) is 10.2 Å². The van der Waals surface area contributed by atoms with Crippen LogP contribution in [-0.2, 0) is 4.79 Å². The molecule has 144 valence electrons. The van der Waals surface area contributed by atoms with E-state index in [1.165, 1.54) is 23.2 Å². The average Bonchev–Trinajstić information content (AvgIpc) is 3.01. The first-order valence-electron chi connectivity index (χ1n) is 8.72. The van der Waals surface area contributed by atoms with Gasteiger partial charge in [0.05, 0.1) is 5.75 Å². The van der Waals surface area contributed by atoms with Crippen LogP contribution in [0.5, 0.6) is 0 Å². The van der Waals surface area contributed by atoms with Crippen LogP contribution >= 0.6 is 11.8 Å². The van der Waals surface area contributed by atoms with E-state index in [4.69, 9.17) is 5.84 Å². The number of aromatic nitrogens is 3. The number of carbonyl (C=O) groups is 2. The van der Waals surface area contributed by atoms with Crippen LogP contribution in [-0.4, -0.2) is 38.6 Å². The number of benzene rings is 1. The summed E-state index contributed by atoms with van der Waals surface area (Å²) in [6, 6.07) is 5.46. The number of hydrogen-bond donors (Lipinski definition) is 3. The van der Waals surface area contributed by atoms with E-state index in [1.54, 1.807) is 12.1 Å².